The molecule has 0 aliphatic rings. The van der Waals surface area contributed by atoms with Crippen LogP contribution in [0.15, 0.2) is 16.5 Å². The van der Waals surface area contributed by atoms with E-state index in [4.69, 9.17) is 4.42 Å². The lowest BCUT2D eigenvalue weighted by molar-refractivity contribution is 0.111. The Balaban J connectivity index is 2.13. The van der Waals surface area contributed by atoms with Crippen LogP contribution in [-0.4, -0.2) is 38.1 Å². The number of furan rings is 1. The normalized spacial score (nSPS) is 12.1. The minimum Gasteiger partial charge on any atom is -0.506 e. The first-order valence-electron chi connectivity index (χ1n) is 11.9. The summed E-state index contributed by atoms with van der Waals surface area (Å²) in [6.45, 7) is 9.07. The van der Waals surface area contributed by atoms with Gasteiger partial charge in [0.05, 0.1) is 16.5 Å². The Kier molecular flexibility index (Phi) is 5.26. The van der Waals surface area contributed by atoms with Crippen LogP contribution in [0.5, 0.6) is 28.7 Å². The number of fused-ring (bicyclic) bond motifs is 6. The van der Waals surface area contributed by atoms with Crippen LogP contribution in [0.4, 0.5) is 0 Å². The second-order valence-electron chi connectivity index (χ2n) is 10.0. The molecule has 4 aromatic carbocycles. The minimum absolute atomic E-state index is 0.0655. The summed E-state index contributed by atoms with van der Waals surface area (Å²) >= 11 is 0. The van der Waals surface area contributed by atoms with Crippen LogP contribution >= 0.6 is 0 Å². The number of phenolic OH excluding ortho intramolecular Hbond substituents is 5. The highest BCUT2D eigenvalue weighted by Crippen LogP contribution is 2.52. The molecule has 0 amide bonds. The average Bonchev–Trinajstić information content (AvgIpc) is 3.22. The SMILES string of the molecule is Cc1cc2c(C(C)C)c(O)c(O)c(C=O)c2c2oc3cc4c(C(C)C)c(O)c(O)c(C=O)c4c(O)c3c12. The van der Waals surface area contributed by atoms with Gasteiger partial charge in [0.25, 0.3) is 0 Å². The summed E-state index contributed by atoms with van der Waals surface area (Å²) in [5.74, 6) is -2.84. The summed E-state index contributed by atoms with van der Waals surface area (Å²) in [5, 5.41) is 56.0. The average molecular weight is 503 g/mol. The third-order valence-electron chi connectivity index (χ3n) is 7.18. The number of carbonyl (C=O) groups is 2. The molecular formula is C29H26O8. The largest absolute Gasteiger partial charge is 0.506 e. The molecule has 0 fully saturated rings. The lowest BCUT2D eigenvalue weighted by Gasteiger charge is -2.17. The Morgan fingerprint density at radius 2 is 1.14 bits per heavy atom. The van der Waals surface area contributed by atoms with Crippen molar-refractivity contribution in [2.75, 3.05) is 0 Å². The van der Waals surface area contributed by atoms with E-state index < -0.39 is 17.2 Å². The van der Waals surface area contributed by atoms with E-state index in [2.05, 4.69) is 0 Å². The van der Waals surface area contributed by atoms with E-state index in [0.717, 1.165) is 0 Å². The highest BCUT2D eigenvalue weighted by molar-refractivity contribution is 6.26. The summed E-state index contributed by atoms with van der Waals surface area (Å²) < 4.78 is 6.24. The fourth-order valence-corrected chi connectivity index (χ4v) is 5.64. The van der Waals surface area contributed by atoms with Crippen LogP contribution in [-0.2, 0) is 0 Å². The van der Waals surface area contributed by atoms with E-state index in [1.807, 2.05) is 13.8 Å². The van der Waals surface area contributed by atoms with Crippen molar-refractivity contribution in [3.8, 4) is 28.7 Å². The Labute approximate surface area is 211 Å². The van der Waals surface area contributed by atoms with E-state index in [0.29, 0.717) is 45.4 Å². The summed E-state index contributed by atoms with van der Waals surface area (Å²) in [7, 11) is 0. The number of carbonyl (C=O) groups excluding carboxylic acids is 2. The Hall–Kier alpha value is -4.46. The molecule has 190 valence electrons. The van der Waals surface area contributed by atoms with Gasteiger partial charge in [-0.3, -0.25) is 9.59 Å². The van der Waals surface area contributed by atoms with Crippen molar-refractivity contribution in [1.82, 2.24) is 0 Å². The predicted octanol–water partition coefficient (Wildman–Crippen LogP) is 6.60. The van der Waals surface area contributed by atoms with Crippen molar-refractivity contribution in [2.24, 2.45) is 0 Å². The number of rotatable bonds is 4. The van der Waals surface area contributed by atoms with Gasteiger partial charge in [-0.2, -0.15) is 0 Å². The monoisotopic (exact) mass is 502 g/mol. The molecule has 8 nitrogen and oxygen atoms in total. The quantitative estimate of drug-likeness (QED) is 0.136. The smallest absolute Gasteiger partial charge is 0.169 e. The topological polar surface area (TPSA) is 148 Å². The molecule has 0 saturated heterocycles. The zero-order chi connectivity index (χ0) is 27.1. The van der Waals surface area contributed by atoms with Crippen molar-refractivity contribution in [3.05, 3.63) is 39.9 Å². The van der Waals surface area contributed by atoms with E-state index in [1.165, 1.54) is 0 Å². The number of aldehydes is 2. The van der Waals surface area contributed by atoms with E-state index >= 15 is 0 Å². The first kappa shape index (κ1) is 24.2. The molecular weight excluding hydrogens is 476 g/mol. The van der Waals surface area contributed by atoms with Gasteiger partial charge in [-0.25, -0.2) is 0 Å². The van der Waals surface area contributed by atoms with Gasteiger partial charge in [0.15, 0.2) is 35.6 Å². The second-order valence-corrected chi connectivity index (χ2v) is 10.0. The number of aryl methyl sites for hydroxylation is 1. The zero-order valence-corrected chi connectivity index (χ0v) is 20.9. The molecule has 5 rings (SSSR count). The van der Waals surface area contributed by atoms with Crippen LogP contribution in [0.3, 0.4) is 0 Å². The van der Waals surface area contributed by atoms with Gasteiger partial charge >= 0.3 is 0 Å². The number of hydrogen-bond acceptors (Lipinski definition) is 8. The number of aromatic hydroxyl groups is 5. The van der Waals surface area contributed by atoms with Crippen LogP contribution in [0.1, 0.15) is 76.9 Å². The Morgan fingerprint density at radius 1 is 0.649 bits per heavy atom. The fraction of sp³-hybridized carbons (Fsp3) is 0.241. The van der Waals surface area contributed by atoms with Gasteiger partial charge < -0.3 is 29.9 Å². The summed E-state index contributed by atoms with van der Waals surface area (Å²) in [5.41, 5.74) is 1.43. The third-order valence-corrected chi connectivity index (χ3v) is 7.18. The second kappa shape index (κ2) is 8.03. The maximum atomic E-state index is 12.1. The van der Waals surface area contributed by atoms with Crippen molar-refractivity contribution in [3.63, 3.8) is 0 Å². The molecule has 1 heterocycles. The standard InChI is InChI=1S/C29H26O8/c1-10(2)18-13-6-12(5)20-23-17(37-29(20)22(13)16(9-31)25(33)27(18)35)7-14-19(11(3)4)28(36)24(32)15(8-30)21(14)26(23)34/h6-11,32-36H,1-5H3. The van der Waals surface area contributed by atoms with Gasteiger partial charge in [0.2, 0.25) is 0 Å². The lowest BCUT2D eigenvalue weighted by atomic mass is 9.87. The van der Waals surface area contributed by atoms with Crippen LogP contribution in [0.25, 0.3) is 43.5 Å². The van der Waals surface area contributed by atoms with Gasteiger partial charge in [0, 0.05) is 27.3 Å². The van der Waals surface area contributed by atoms with Crippen LogP contribution < -0.4 is 0 Å². The first-order valence-corrected chi connectivity index (χ1v) is 11.9. The van der Waals surface area contributed by atoms with E-state index in [-0.39, 0.29) is 61.8 Å². The van der Waals surface area contributed by atoms with E-state index in [9.17, 15) is 35.1 Å². The molecule has 0 atom stereocenters. The Morgan fingerprint density at radius 3 is 1.62 bits per heavy atom. The number of benzene rings is 4. The Bertz CT molecular complexity index is 1820. The van der Waals surface area contributed by atoms with Gasteiger partial charge in [-0.1, -0.05) is 33.8 Å². The molecule has 0 saturated carbocycles. The van der Waals surface area contributed by atoms with Crippen LogP contribution in [0.2, 0.25) is 0 Å². The summed E-state index contributed by atoms with van der Waals surface area (Å²) in [4.78, 5) is 24.1. The molecule has 1 aromatic heterocycles. The molecule has 5 N–H and O–H groups in total. The molecule has 5 aromatic rings. The molecule has 8 heteroatoms. The summed E-state index contributed by atoms with van der Waals surface area (Å²) in [6, 6.07) is 3.34. The highest BCUT2D eigenvalue weighted by atomic mass is 16.3. The molecule has 0 unspecified atom stereocenters. The molecule has 0 spiro atoms. The van der Waals surface area contributed by atoms with Gasteiger partial charge in [0.1, 0.15) is 16.9 Å². The van der Waals surface area contributed by atoms with Crippen LogP contribution in [0, 0.1) is 6.92 Å². The predicted molar refractivity (Wildman–Crippen MR) is 141 cm³/mol. The zero-order valence-electron chi connectivity index (χ0n) is 20.9. The molecule has 0 aliphatic carbocycles. The molecule has 37 heavy (non-hydrogen) atoms. The van der Waals surface area contributed by atoms with Crippen molar-refractivity contribution in [1.29, 1.82) is 0 Å². The van der Waals surface area contributed by atoms with E-state index in [1.54, 1.807) is 32.9 Å². The van der Waals surface area contributed by atoms with Crippen molar-refractivity contribution >= 4 is 56.1 Å². The minimum atomic E-state index is -0.624. The van der Waals surface area contributed by atoms with Gasteiger partial charge in [-0.05, 0) is 41.2 Å². The number of phenols is 5. The highest BCUT2D eigenvalue weighted by Gasteiger charge is 2.29. The van der Waals surface area contributed by atoms with Crippen molar-refractivity contribution in [2.45, 2.75) is 46.5 Å². The maximum Gasteiger partial charge on any atom is 0.169 e. The summed E-state index contributed by atoms with van der Waals surface area (Å²) in [6.07, 6.45) is 0.815. The van der Waals surface area contributed by atoms with Crippen molar-refractivity contribution < 1.29 is 39.5 Å². The maximum absolute atomic E-state index is 12.1. The fourth-order valence-electron chi connectivity index (χ4n) is 5.64. The third kappa shape index (κ3) is 3.02. The lowest BCUT2D eigenvalue weighted by Crippen LogP contribution is -1.97. The van der Waals surface area contributed by atoms with Gasteiger partial charge in [-0.15, -0.1) is 0 Å². The molecule has 0 aliphatic heterocycles. The number of hydrogen-bond donors (Lipinski definition) is 5. The molecule has 0 bridgehead atoms. The first-order chi connectivity index (χ1) is 17.5. The molecule has 0 radical (unpaired) electrons.